The van der Waals surface area contributed by atoms with Gasteiger partial charge < -0.3 is 15.0 Å². The number of methoxy groups -OCH3 is 1. The van der Waals surface area contributed by atoms with Crippen molar-refractivity contribution < 1.29 is 9.53 Å². The average Bonchev–Trinajstić information content (AvgIpc) is 2.47. The summed E-state index contributed by atoms with van der Waals surface area (Å²) >= 11 is 0. The number of rotatable bonds is 3. The third-order valence-corrected chi connectivity index (χ3v) is 3.59. The molecule has 6 nitrogen and oxygen atoms in total. The maximum absolute atomic E-state index is 12.4. The van der Waals surface area contributed by atoms with Gasteiger partial charge in [0.1, 0.15) is 11.5 Å². The maximum atomic E-state index is 12.4. The van der Waals surface area contributed by atoms with Gasteiger partial charge in [-0.05, 0) is 12.3 Å². The Hall–Kier alpha value is -1.69. The van der Waals surface area contributed by atoms with E-state index in [0.717, 1.165) is 13.0 Å². The quantitative estimate of drug-likeness (QED) is 0.882. The Labute approximate surface area is 113 Å². The molecule has 1 N–H and O–H groups in total. The summed E-state index contributed by atoms with van der Waals surface area (Å²) in [6.45, 7) is 3.50. The fraction of sp³-hybridized carbons (Fsp3) is 0.615. The SMILES string of the molecule is CNc1cncc(C(=O)N2CCC(C)C(OC)C2)n1. The van der Waals surface area contributed by atoms with Crippen molar-refractivity contribution in [1.29, 1.82) is 0 Å². The lowest BCUT2D eigenvalue weighted by Gasteiger charge is -2.35. The Bertz CT molecular complexity index is 452. The first-order chi connectivity index (χ1) is 9.15. The van der Waals surface area contributed by atoms with Gasteiger partial charge in [0.05, 0.1) is 18.5 Å². The van der Waals surface area contributed by atoms with Gasteiger partial charge in [0.25, 0.3) is 5.91 Å². The number of anilines is 1. The number of amides is 1. The molecule has 0 aromatic carbocycles. The van der Waals surface area contributed by atoms with Crippen molar-refractivity contribution in [1.82, 2.24) is 14.9 Å². The number of carbonyl (C=O) groups excluding carboxylic acids is 1. The second-order valence-corrected chi connectivity index (χ2v) is 4.83. The van der Waals surface area contributed by atoms with Crippen LogP contribution in [0.25, 0.3) is 0 Å². The van der Waals surface area contributed by atoms with E-state index in [1.54, 1.807) is 25.3 Å². The lowest BCUT2D eigenvalue weighted by Crippen LogP contribution is -2.46. The number of piperidine rings is 1. The molecule has 6 heteroatoms. The predicted octanol–water partition coefficient (Wildman–Crippen LogP) is 1.02. The first-order valence-corrected chi connectivity index (χ1v) is 6.47. The summed E-state index contributed by atoms with van der Waals surface area (Å²) in [6, 6.07) is 0. The minimum atomic E-state index is -0.0847. The van der Waals surface area contributed by atoms with E-state index in [1.807, 2.05) is 0 Å². The highest BCUT2D eigenvalue weighted by Crippen LogP contribution is 2.20. The van der Waals surface area contributed by atoms with Crippen LogP contribution in [0.3, 0.4) is 0 Å². The average molecular weight is 264 g/mol. The molecule has 1 aromatic rings. The van der Waals surface area contributed by atoms with Crippen molar-refractivity contribution in [2.45, 2.75) is 19.4 Å². The number of likely N-dealkylation sites (tertiary alicyclic amines) is 1. The first-order valence-electron chi connectivity index (χ1n) is 6.47. The normalized spacial score (nSPS) is 23.2. The monoisotopic (exact) mass is 264 g/mol. The molecule has 0 bridgehead atoms. The second kappa shape index (κ2) is 5.97. The number of hydrogen-bond donors (Lipinski definition) is 1. The number of nitrogens with one attached hydrogen (secondary N) is 1. The van der Waals surface area contributed by atoms with Gasteiger partial charge in [0.2, 0.25) is 0 Å². The lowest BCUT2D eigenvalue weighted by molar-refractivity contribution is -0.00178. The summed E-state index contributed by atoms with van der Waals surface area (Å²) in [6.07, 6.45) is 4.14. The predicted molar refractivity (Wildman–Crippen MR) is 72.1 cm³/mol. The fourth-order valence-corrected chi connectivity index (χ4v) is 2.28. The summed E-state index contributed by atoms with van der Waals surface area (Å²) < 4.78 is 5.42. The van der Waals surface area contributed by atoms with Gasteiger partial charge in [-0.3, -0.25) is 9.78 Å². The van der Waals surface area contributed by atoms with E-state index in [-0.39, 0.29) is 12.0 Å². The molecule has 0 aliphatic carbocycles. The van der Waals surface area contributed by atoms with E-state index in [0.29, 0.717) is 24.0 Å². The molecule has 2 unspecified atom stereocenters. The summed E-state index contributed by atoms with van der Waals surface area (Å²) in [7, 11) is 3.44. The van der Waals surface area contributed by atoms with Crippen LogP contribution in [0, 0.1) is 5.92 Å². The van der Waals surface area contributed by atoms with Crippen molar-refractivity contribution in [3.63, 3.8) is 0 Å². The van der Waals surface area contributed by atoms with Crippen LogP contribution < -0.4 is 5.32 Å². The fourth-order valence-electron chi connectivity index (χ4n) is 2.28. The first kappa shape index (κ1) is 13.7. The summed E-state index contributed by atoms with van der Waals surface area (Å²) in [5.41, 5.74) is 0.372. The van der Waals surface area contributed by atoms with Crippen molar-refractivity contribution >= 4 is 11.7 Å². The van der Waals surface area contributed by atoms with E-state index in [9.17, 15) is 4.79 Å². The van der Waals surface area contributed by atoms with Gasteiger partial charge in [-0.25, -0.2) is 4.98 Å². The number of carbonyl (C=O) groups is 1. The van der Waals surface area contributed by atoms with Crippen molar-refractivity contribution in [3.8, 4) is 0 Å². The largest absolute Gasteiger partial charge is 0.379 e. The van der Waals surface area contributed by atoms with Gasteiger partial charge in [0.15, 0.2) is 0 Å². The highest BCUT2D eigenvalue weighted by atomic mass is 16.5. The molecule has 2 rings (SSSR count). The Morgan fingerprint density at radius 1 is 1.53 bits per heavy atom. The van der Waals surface area contributed by atoms with Crippen molar-refractivity contribution in [2.75, 3.05) is 32.6 Å². The summed E-state index contributed by atoms with van der Waals surface area (Å²) in [5, 5.41) is 2.88. The zero-order chi connectivity index (χ0) is 13.8. The highest BCUT2D eigenvalue weighted by Gasteiger charge is 2.29. The zero-order valence-corrected chi connectivity index (χ0v) is 11.6. The third kappa shape index (κ3) is 3.01. The molecule has 1 aliphatic rings. The molecule has 1 fully saturated rings. The van der Waals surface area contributed by atoms with E-state index in [2.05, 4.69) is 22.2 Å². The molecule has 0 saturated carbocycles. The highest BCUT2D eigenvalue weighted by molar-refractivity contribution is 5.92. The zero-order valence-electron chi connectivity index (χ0n) is 11.6. The number of aromatic nitrogens is 2. The molecule has 104 valence electrons. The van der Waals surface area contributed by atoms with E-state index >= 15 is 0 Å². The molecule has 0 spiro atoms. The van der Waals surface area contributed by atoms with Crippen LogP contribution in [0.4, 0.5) is 5.82 Å². The van der Waals surface area contributed by atoms with E-state index < -0.39 is 0 Å². The third-order valence-electron chi connectivity index (χ3n) is 3.59. The molecule has 2 atom stereocenters. The second-order valence-electron chi connectivity index (χ2n) is 4.83. The lowest BCUT2D eigenvalue weighted by atomic mass is 9.95. The van der Waals surface area contributed by atoms with Crippen LogP contribution >= 0.6 is 0 Å². The molecule has 0 radical (unpaired) electrons. The Kier molecular flexibility index (Phi) is 4.31. The smallest absolute Gasteiger partial charge is 0.274 e. The van der Waals surface area contributed by atoms with Crippen LogP contribution in [0.15, 0.2) is 12.4 Å². The van der Waals surface area contributed by atoms with Crippen LogP contribution in [-0.4, -0.2) is 54.1 Å². The van der Waals surface area contributed by atoms with Gasteiger partial charge in [-0.1, -0.05) is 6.92 Å². The molecule has 1 saturated heterocycles. The van der Waals surface area contributed by atoms with Gasteiger partial charge >= 0.3 is 0 Å². The minimum Gasteiger partial charge on any atom is -0.379 e. The van der Waals surface area contributed by atoms with E-state index in [1.165, 1.54) is 6.20 Å². The van der Waals surface area contributed by atoms with Crippen molar-refractivity contribution in [2.24, 2.45) is 5.92 Å². The van der Waals surface area contributed by atoms with Crippen LogP contribution in [-0.2, 0) is 4.74 Å². The molecule has 1 aliphatic heterocycles. The van der Waals surface area contributed by atoms with Crippen molar-refractivity contribution in [3.05, 3.63) is 18.1 Å². The standard InChI is InChI=1S/C13H20N4O2/c1-9-4-5-17(8-11(9)19-3)13(18)10-6-15-7-12(14-2)16-10/h6-7,9,11H,4-5,8H2,1-3H3,(H,14,16). The molecular weight excluding hydrogens is 244 g/mol. The van der Waals surface area contributed by atoms with Crippen LogP contribution in [0.5, 0.6) is 0 Å². The Morgan fingerprint density at radius 3 is 3.00 bits per heavy atom. The van der Waals surface area contributed by atoms with Gasteiger partial charge in [0, 0.05) is 27.2 Å². The Balaban J connectivity index is 2.10. The van der Waals surface area contributed by atoms with E-state index in [4.69, 9.17) is 4.74 Å². The van der Waals surface area contributed by atoms with Gasteiger partial charge in [-0.2, -0.15) is 0 Å². The molecule has 19 heavy (non-hydrogen) atoms. The number of hydrogen-bond acceptors (Lipinski definition) is 5. The molecule has 1 amide bonds. The van der Waals surface area contributed by atoms with Gasteiger partial charge in [-0.15, -0.1) is 0 Å². The molecule has 2 heterocycles. The molecule has 1 aromatic heterocycles. The summed E-state index contributed by atoms with van der Waals surface area (Å²) in [4.78, 5) is 22.4. The number of ether oxygens (including phenoxy) is 1. The maximum Gasteiger partial charge on any atom is 0.274 e. The summed E-state index contributed by atoms with van der Waals surface area (Å²) in [5.74, 6) is 0.988. The van der Waals surface area contributed by atoms with Crippen LogP contribution in [0.2, 0.25) is 0 Å². The van der Waals surface area contributed by atoms with Crippen LogP contribution in [0.1, 0.15) is 23.8 Å². The molecular formula is C13H20N4O2. The number of nitrogens with zero attached hydrogens (tertiary/aromatic N) is 3. The Morgan fingerprint density at radius 2 is 2.32 bits per heavy atom. The topological polar surface area (TPSA) is 67.4 Å². The minimum absolute atomic E-state index is 0.0847.